The monoisotopic (exact) mass is 260 g/mol. The Morgan fingerprint density at radius 1 is 1.21 bits per heavy atom. The molecule has 2 rings (SSSR count). The van der Waals surface area contributed by atoms with Gasteiger partial charge in [-0.25, -0.2) is 9.98 Å². The molecule has 0 radical (unpaired) electrons. The summed E-state index contributed by atoms with van der Waals surface area (Å²) in [7, 11) is 3.97. The van der Waals surface area contributed by atoms with Gasteiger partial charge >= 0.3 is 0 Å². The Hall–Kier alpha value is -1.92. The third kappa shape index (κ3) is 3.52. The van der Waals surface area contributed by atoms with E-state index in [1.54, 1.807) is 0 Å². The predicted octanol–water partition coefficient (Wildman–Crippen LogP) is -0.0847. The zero-order valence-electron chi connectivity index (χ0n) is 11.3. The second kappa shape index (κ2) is 5.38. The fourth-order valence-electron chi connectivity index (χ4n) is 1.84. The van der Waals surface area contributed by atoms with E-state index in [9.17, 15) is 0 Å². The first-order valence-corrected chi connectivity index (χ1v) is 6.20. The molecule has 5 N–H and O–H groups in total. The maximum absolute atomic E-state index is 6.20. The molecule has 0 saturated heterocycles. The molecule has 0 spiro atoms. The molecule has 1 unspecified atom stereocenters. The average molecular weight is 260 g/mol. The van der Waals surface area contributed by atoms with Crippen molar-refractivity contribution in [3.63, 3.8) is 0 Å². The highest BCUT2D eigenvalue weighted by Gasteiger charge is 2.28. The van der Waals surface area contributed by atoms with Crippen molar-refractivity contribution in [1.82, 2.24) is 10.2 Å². The van der Waals surface area contributed by atoms with Gasteiger partial charge in [0, 0.05) is 18.5 Å². The summed E-state index contributed by atoms with van der Waals surface area (Å²) in [5, 5.41) is 2.96. The molecule has 1 aliphatic rings. The highest BCUT2D eigenvalue weighted by Crippen LogP contribution is 2.16. The highest BCUT2D eigenvalue weighted by atomic mass is 15.3. The van der Waals surface area contributed by atoms with Crippen molar-refractivity contribution < 1.29 is 0 Å². The molecule has 1 aromatic carbocycles. The van der Waals surface area contributed by atoms with Gasteiger partial charge in [0.15, 0.2) is 5.96 Å². The maximum atomic E-state index is 6.20. The van der Waals surface area contributed by atoms with Crippen molar-refractivity contribution in [3.8, 4) is 0 Å². The molecule has 102 valence electrons. The van der Waals surface area contributed by atoms with E-state index in [1.165, 1.54) is 0 Å². The lowest BCUT2D eigenvalue weighted by molar-refractivity contribution is 0.326. The number of benzene rings is 1. The molecule has 0 aromatic heterocycles. The van der Waals surface area contributed by atoms with E-state index in [1.807, 2.05) is 49.3 Å². The van der Waals surface area contributed by atoms with Crippen LogP contribution in [0.4, 0.5) is 0 Å². The molecule has 6 heteroatoms. The van der Waals surface area contributed by atoms with Crippen molar-refractivity contribution >= 4 is 11.8 Å². The molecule has 6 nitrogen and oxygen atoms in total. The summed E-state index contributed by atoms with van der Waals surface area (Å²) in [5.41, 5.74) is 13.0. The van der Waals surface area contributed by atoms with E-state index in [-0.39, 0.29) is 0 Å². The summed E-state index contributed by atoms with van der Waals surface area (Å²) in [4.78, 5) is 10.7. The Morgan fingerprint density at radius 3 is 2.53 bits per heavy atom. The number of nitrogens with one attached hydrogen (secondary N) is 1. The zero-order chi connectivity index (χ0) is 13.9. The molecule has 1 atom stereocenters. The van der Waals surface area contributed by atoms with Crippen LogP contribution in [0.3, 0.4) is 0 Å². The van der Waals surface area contributed by atoms with E-state index < -0.39 is 5.79 Å². The van der Waals surface area contributed by atoms with Crippen molar-refractivity contribution in [3.05, 3.63) is 35.9 Å². The van der Waals surface area contributed by atoms with Gasteiger partial charge in [-0.2, -0.15) is 0 Å². The molecular formula is C13H20N6. The van der Waals surface area contributed by atoms with E-state index in [2.05, 4.69) is 15.3 Å². The SMILES string of the molecule is CN(C)CCC1(N)N=C(N)NC(c2ccccc2)=N1. The van der Waals surface area contributed by atoms with E-state index in [4.69, 9.17) is 11.5 Å². The van der Waals surface area contributed by atoms with Crippen LogP contribution in [-0.4, -0.2) is 43.1 Å². The van der Waals surface area contributed by atoms with Gasteiger partial charge in [0.2, 0.25) is 5.79 Å². The number of rotatable bonds is 4. The second-order valence-electron chi connectivity index (χ2n) is 4.88. The lowest BCUT2D eigenvalue weighted by Gasteiger charge is -2.28. The third-order valence-corrected chi connectivity index (χ3v) is 2.84. The predicted molar refractivity (Wildman–Crippen MR) is 77.8 cm³/mol. The highest BCUT2D eigenvalue weighted by molar-refractivity contribution is 6.09. The van der Waals surface area contributed by atoms with Gasteiger partial charge in [-0.05, 0) is 14.1 Å². The van der Waals surface area contributed by atoms with Gasteiger partial charge in [0.05, 0.1) is 0 Å². The van der Waals surface area contributed by atoms with Gasteiger partial charge in [-0.3, -0.25) is 5.73 Å². The van der Waals surface area contributed by atoms with E-state index in [0.717, 1.165) is 12.1 Å². The fraction of sp³-hybridized carbons (Fsp3) is 0.385. The van der Waals surface area contributed by atoms with Crippen LogP contribution in [0.2, 0.25) is 0 Å². The minimum Gasteiger partial charge on any atom is -0.370 e. The van der Waals surface area contributed by atoms with Crippen LogP contribution < -0.4 is 16.8 Å². The first-order valence-electron chi connectivity index (χ1n) is 6.20. The van der Waals surface area contributed by atoms with E-state index in [0.29, 0.717) is 18.2 Å². The molecule has 1 aromatic rings. The molecule has 1 aliphatic heterocycles. The number of aliphatic imine (C=N–C) groups is 2. The largest absolute Gasteiger partial charge is 0.370 e. The number of hydrogen-bond acceptors (Lipinski definition) is 6. The van der Waals surface area contributed by atoms with Gasteiger partial charge in [0.25, 0.3) is 0 Å². The number of hydrogen-bond donors (Lipinski definition) is 3. The molecular weight excluding hydrogens is 240 g/mol. The van der Waals surface area contributed by atoms with Gasteiger partial charge in [-0.15, -0.1) is 0 Å². The molecule has 0 bridgehead atoms. The summed E-state index contributed by atoms with van der Waals surface area (Å²) in [6.45, 7) is 0.791. The number of guanidine groups is 1. The number of nitrogens with two attached hydrogens (primary N) is 2. The number of amidine groups is 1. The Balaban J connectivity index is 2.24. The summed E-state index contributed by atoms with van der Waals surface area (Å²) in [6.07, 6.45) is 0.610. The molecule has 1 heterocycles. The topological polar surface area (TPSA) is 92.0 Å². The lowest BCUT2D eigenvalue weighted by Crippen LogP contribution is -2.51. The van der Waals surface area contributed by atoms with Gasteiger partial charge in [0.1, 0.15) is 5.84 Å². The summed E-state index contributed by atoms with van der Waals surface area (Å²) >= 11 is 0. The van der Waals surface area contributed by atoms with Crippen LogP contribution in [0.25, 0.3) is 0 Å². The van der Waals surface area contributed by atoms with Gasteiger partial charge < -0.3 is 16.0 Å². The molecule has 0 saturated carbocycles. The normalized spacial score (nSPS) is 22.7. The minimum absolute atomic E-state index is 0.301. The molecule has 0 amide bonds. The molecule has 0 fully saturated rings. The van der Waals surface area contributed by atoms with Crippen LogP contribution in [0.5, 0.6) is 0 Å². The van der Waals surface area contributed by atoms with Crippen molar-refractivity contribution in [2.45, 2.75) is 12.2 Å². The lowest BCUT2D eigenvalue weighted by atomic mass is 10.1. The summed E-state index contributed by atoms with van der Waals surface area (Å²) in [5.74, 6) is -0.0328. The van der Waals surface area contributed by atoms with Crippen LogP contribution >= 0.6 is 0 Å². The van der Waals surface area contributed by atoms with Gasteiger partial charge in [-0.1, -0.05) is 30.3 Å². The van der Waals surface area contributed by atoms with Crippen LogP contribution in [0, 0.1) is 0 Å². The fourth-order valence-corrected chi connectivity index (χ4v) is 1.84. The van der Waals surface area contributed by atoms with E-state index >= 15 is 0 Å². The average Bonchev–Trinajstić information content (AvgIpc) is 2.37. The summed E-state index contributed by atoms with van der Waals surface area (Å²) < 4.78 is 0. The zero-order valence-corrected chi connectivity index (χ0v) is 11.3. The maximum Gasteiger partial charge on any atom is 0.209 e. The van der Waals surface area contributed by atoms with Crippen LogP contribution in [-0.2, 0) is 0 Å². The van der Waals surface area contributed by atoms with Crippen LogP contribution in [0.15, 0.2) is 40.3 Å². The Kier molecular flexibility index (Phi) is 3.82. The third-order valence-electron chi connectivity index (χ3n) is 2.84. The quantitative estimate of drug-likeness (QED) is 0.706. The van der Waals surface area contributed by atoms with Crippen molar-refractivity contribution in [2.24, 2.45) is 21.5 Å². The number of nitrogens with zero attached hydrogens (tertiary/aromatic N) is 3. The Labute approximate surface area is 113 Å². The molecule has 19 heavy (non-hydrogen) atoms. The smallest absolute Gasteiger partial charge is 0.209 e. The standard InChI is InChI=1S/C13H20N6/c1-19(2)9-8-13(15)17-11(16-12(14)18-13)10-6-4-3-5-7-10/h3-7H,8-9,15H2,1-2H3,(H3,14,16,17,18). The Morgan fingerprint density at radius 2 is 1.89 bits per heavy atom. The van der Waals surface area contributed by atoms with Crippen molar-refractivity contribution in [2.75, 3.05) is 20.6 Å². The second-order valence-corrected chi connectivity index (χ2v) is 4.88. The first-order chi connectivity index (χ1) is 8.98. The summed E-state index contributed by atoms with van der Waals surface area (Å²) in [6, 6.07) is 9.75. The first kappa shape index (κ1) is 13.5. The molecule has 0 aliphatic carbocycles. The minimum atomic E-state index is -0.995. The van der Waals surface area contributed by atoms with Crippen LogP contribution in [0.1, 0.15) is 12.0 Å². The Bertz CT molecular complexity index is 493. The van der Waals surface area contributed by atoms with Crippen molar-refractivity contribution in [1.29, 1.82) is 0 Å².